The van der Waals surface area contributed by atoms with Crippen LogP contribution in [-0.2, 0) is 21.2 Å². The molecule has 0 aliphatic carbocycles. The van der Waals surface area contributed by atoms with Gasteiger partial charge in [0.15, 0.2) is 0 Å². The van der Waals surface area contributed by atoms with Crippen molar-refractivity contribution < 1.29 is 18.0 Å². The van der Waals surface area contributed by atoms with Gasteiger partial charge in [-0.2, -0.15) is 4.31 Å². The number of nitrogens with zero attached hydrogens (tertiary/aromatic N) is 2. The molecule has 4 rings (SSSR count). The third kappa shape index (κ3) is 4.22. The number of piperidine rings is 1. The molecule has 8 heteroatoms. The maximum Gasteiger partial charge on any atom is 0.251 e. The van der Waals surface area contributed by atoms with Crippen LogP contribution in [0.4, 0.5) is 5.69 Å². The van der Waals surface area contributed by atoms with Gasteiger partial charge in [-0.25, -0.2) is 8.42 Å². The number of aryl methyl sites for hydroxylation is 1. The van der Waals surface area contributed by atoms with Crippen molar-refractivity contribution in [2.45, 2.75) is 44.0 Å². The van der Waals surface area contributed by atoms with Crippen LogP contribution in [0.2, 0.25) is 0 Å². The molecule has 1 N–H and O–H groups in total. The molecule has 0 bridgehead atoms. The summed E-state index contributed by atoms with van der Waals surface area (Å²) in [6.07, 6.45) is 1.80. The summed E-state index contributed by atoms with van der Waals surface area (Å²) in [6, 6.07) is 12.4. The third-order valence-corrected chi connectivity index (χ3v) is 8.04. The molecular weight excluding hydrogens is 414 g/mol. The molecule has 164 valence electrons. The molecule has 0 unspecified atom stereocenters. The van der Waals surface area contributed by atoms with Gasteiger partial charge in [-0.15, -0.1) is 0 Å². The predicted octanol–water partition coefficient (Wildman–Crippen LogP) is 2.49. The molecule has 7 nitrogen and oxygen atoms in total. The molecule has 0 radical (unpaired) electrons. The van der Waals surface area contributed by atoms with Crippen molar-refractivity contribution in [1.29, 1.82) is 0 Å². The van der Waals surface area contributed by atoms with Gasteiger partial charge in [0.05, 0.1) is 4.90 Å². The van der Waals surface area contributed by atoms with Gasteiger partial charge in [0, 0.05) is 43.9 Å². The van der Waals surface area contributed by atoms with Crippen molar-refractivity contribution >= 4 is 27.5 Å². The quantitative estimate of drug-likeness (QED) is 0.790. The summed E-state index contributed by atoms with van der Waals surface area (Å²) in [4.78, 5) is 26.2. The molecule has 31 heavy (non-hydrogen) atoms. The van der Waals surface area contributed by atoms with E-state index in [0.29, 0.717) is 44.5 Å². The Kier molecular flexibility index (Phi) is 5.85. The van der Waals surface area contributed by atoms with E-state index >= 15 is 0 Å². The number of amides is 2. The molecule has 0 atom stereocenters. The first-order chi connectivity index (χ1) is 14.8. The minimum Gasteiger partial charge on any atom is -0.349 e. The van der Waals surface area contributed by atoms with Crippen molar-refractivity contribution in [3.8, 4) is 0 Å². The summed E-state index contributed by atoms with van der Waals surface area (Å²) in [6.45, 7) is 4.72. The minimum atomic E-state index is -3.61. The number of sulfonamides is 1. The van der Waals surface area contributed by atoms with Crippen LogP contribution in [0.5, 0.6) is 0 Å². The highest BCUT2D eigenvalue weighted by Crippen LogP contribution is 2.31. The zero-order chi connectivity index (χ0) is 22.2. The lowest BCUT2D eigenvalue weighted by atomic mass is 10.0. The average molecular weight is 442 g/mol. The zero-order valence-corrected chi connectivity index (χ0v) is 18.6. The SMILES string of the molecule is CC(=O)N1CCc2cc(S(=O)(=O)N3CCC(NC(=O)c4ccccc4C)CC3)ccc21. The number of hydrogen-bond donors (Lipinski definition) is 1. The smallest absolute Gasteiger partial charge is 0.251 e. The summed E-state index contributed by atoms with van der Waals surface area (Å²) in [5, 5.41) is 3.04. The normalized spacial score (nSPS) is 17.4. The molecule has 2 aromatic rings. The van der Waals surface area contributed by atoms with Crippen molar-refractivity contribution in [2.24, 2.45) is 0 Å². The summed E-state index contributed by atoms with van der Waals surface area (Å²) in [5.74, 6) is -0.155. The maximum atomic E-state index is 13.2. The van der Waals surface area contributed by atoms with Crippen molar-refractivity contribution in [1.82, 2.24) is 9.62 Å². The fourth-order valence-corrected chi connectivity index (χ4v) is 5.87. The number of carbonyl (C=O) groups is 2. The Labute approximate surface area is 183 Å². The largest absolute Gasteiger partial charge is 0.349 e. The van der Waals surface area contributed by atoms with Crippen LogP contribution in [0.3, 0.4) is 0 Å². The lowest BCUT2D eigenvalue weighted by molar-refractivity contribution is -0.116. The average Bonchev–Trinajstić information content (AvgIpc) is 3.18. The van der Waals surface area contributed by atoms with E-state index < -0.39 is 10.0 Å². The third-order valence-electron chi connectivity index (χ3n) is 6.14. The fraction of sp³-hybridized carbons (Fsp3) is 0.391. The second kappa shape index (κ2) is 8.43. The Morgan fingerprint density at radius 2 is 1.74 bits per heavy atom. The van der Waals surface area contributed by atoms with Crippen LogP contribution in [0.15, 0.2) is 47.4 Å². The van der Waals surface area contributed by atoms with Gasteiger partial charge >= 0.3 is 0 Å². The summed E-state index contributed by atoms with van der Waals surface area (Å²) in [5.41, 5.74) is 3.25. The van der Waals surface area contributed by atoms with Crippen LogP contribution in [0.1, 0.15) is 41.3 Å². The first kappa shape index (κ1) is 21.5. The topological polar surface area (TPSA) is 86.8 Å². The Bertz CT molecular complexity index is 1120. The monoisotopic (exact) mass is 441 g/mol. The Morgan fingerprint density at radius 3 is 2.42 bits per heavy atom. The van der Waals surface area contributed by atoms with Crippen molar-refractivity contribution in [3.63, 3.8) is 0 Å². The molecule has 2 heterocycles. The number of carbonyl (C=O) groups excluding carboxylic acids is 2. The van der Waals surface area contributed by atoms with E-state index in [1.165, 1.54) is 11.2 Å². The molecule has 0 aromatic heterocycles. The molecule has 2 aliphatic rings. The number of anilines is 1. The standard InChI is InChI=1S/C23H27N3O4S/c1-16-5-3-4-6-21(16)23(28)24-19-10-12-25(13-11-19)31(29,30)20-7-8-22-18(15-20)9-14-26(22)17(2)27/h3-8,15,19H,9-14H2,1-2H3,(H,24,28). The number of fused-ring (bicyclic) bond motifs is 1. The fourth-order valence-electron chi connectivity index (χ4n) is 4.35. The Morgan fingerprint density at radius 1 is 1.03 bits per heavy atom. The van der Waals surface area contributed by atoms with Crippen molar-refractivity contribution in [3.05, 3.63) is 59.2 Å². The predicted molar refractivity (Wildman–Crippen MR) is 119 cm³/mol. The maximum absolute atomic E-state index is 13.2. The van der Waals surface area contributed by atoms with Gasteiger partial charge in [0.25, 0.3) is 5.91 Å². The highest BCUT2D eigenvalue weighted by atomic mass is 32.2. The summed E-state index contributed by atoms with van der Waals surface area (Å²) >= 11 is 0. The van der Waals surface area contributed by atoms with Crippen LogP contribution in [0, 0.1) is 6.92 Å². The zero-order valence-electron chi connectivity index (χ0n) is 17.8. The molecule has 0 saturated carbocycles. The summed E-state index contributed by atoms with van der Waals surface area (Å²) in [7, 11) is -3.61. The van der Waals surface area contributed by atoms with E-state index in [9.17, 15) is 18.0 Å². The summed E-state index contributed by atoms with van der Waals surface area (Å²) < 4.78 is 27.8. The van der Waals surface area contributed by atoms with E-state index in [2.05, 4.69) is 5.32 Å². The highest BCUT2D eigenvalue weighted by molar-refractivity contribution is 7.89. The number of nitrogens with one attached hydrogen (secondary N) is 1. The lowest BCUT2D eigenvalue weighted by Gasteiger charge is -2.31. The van der Waals surface area contributed by atoms with Crippen LogP contribution in [0.25, 0.3) is 0 Å². The van der Waals surface area contributed by atoms with Gasteiger partial charge in [0.1, 0.15) is 0 Å². The van der Waals surface area contributed by atoms with Crippen LogP contribution in [-0.4, -0.2) is 50.2 Å². The van der Waals surface area contributed by atoms with Gasteiger partial charge in [-0.05, 0) is 61.6 Å². The number of hydrogen-bond acceptors (Lipinski definition) is 4. The van der Waals surface area contributed by atoms with E-state index in [-0.39, 0.29) is 22.8 Å². The molecule has 2 aliphatic heterocycles. The first-order valence-electron chi connectivity index (χ1n) is 10.5. The van der Waals surface area contributed by atoms with Gasteiger partial charge in [-0.3, -0.25) is 9.59 Å². The Hall–Kier alpha value is -2.71. The van der Waals surface area contributed by atoms with Crippen LogP contribution < -0.4 is 10.2 Å². The first-order valence-corrected chi connectivity index (χ1v) is 12.0. The second-order valence-corrected chi connectivity index (χ2v) is 10.1. The van der Waals surface area contributed by atoms with Crippen LogP contribution >= 0.6 is 0 Å². The van der Waals surface area contributed by atoms with Gasteiger partial charge in [-0.1, -0.05) is 18.2 Å². The molecule has 0 spiro atoms. The molecule has 1 fully saturated rings. The van der Waals surface area contributed by atoms with E-state index in [4.69, 9.17) is 0 Å². The molecular formula is C23H27N3O4S. The Balaban J connectivity index is 1.41. The highest BCUT2D eigenvalue weighted by Gasteiger charge is 2.32. The number of benzene rings is 2. The molecule has 2 amide bonds. The van der Waals surface area contributed by atoms with E-state index in [0.717, 1.165) is 16.8 Å². The second-order valence-electron chi connectivity index (χ2n) is 8.18. The van der Waals surface area contributed by atoms with Gasteiger partial charge < -0.3 is 10.2 Å². The van der Waals surface area contributed by atoms with Crippen molar-refractivity contribution in [2.75, 3.05) is 24.5 Å². The van der Waals surface area contributed by atoms with E-state index in [1.807, 2.05) is 25.1 Å². The molecule has 1 saturated heterocycles. The number of rotatable bonds is 4. The van der Waals surface area contributed by atoms with E-state index in [1.54, 1.807) is 29.2 Å². The molecule has 2 aromatic carbocycles. The van der Waals surface area contributed by atoms with Gasteiger partial charge in [0.2, 0.25) is 15.9 Å². The minimum absolute atomic E-state index is 0.0378. The lowest BCUT2D eigenvalue weighted by Crippen LogP contribution is -2.46.